The lowest BCUT2D eigenvalue weighted by Gasteiger charge is -2.14. The molecule has 2 aromatic carbocycles. The van der Waals surface area contributed by atoms with Gasteiger partial charge in [-0.15, -0.1) is 0 Å². The number of carbonyl (C=O) groups is 2. The maximum Gasteiger partial charge on any atom is 0.325 e. The number of hydrogen-bond donors (Lipinski definition) is 1. The molecule has 1 amide bonds. The molecule has 0 aromatic heterocycles. The number of rotatable bonds is 10. The molecule has 8 nitrogen and oxygen atoms in total. The third kappa shape index (κ3) is 6.46. The molecule has 0 aliphatic carbocycles. The Morgan fingerprint density at radius 1 is 0.966 bits per heavy atom. The molecule has 0 radical (unpaired) electrons. The third-order valence-corrected chi connectivity index (χ3v) is 3.97. The lowest BCUT2D eigenvalue weighted by molar-refractivity contribution is -0.143. The van der Waals surface area contributed by atoms with Gasteiger partial charge in [0.1, 0.15) is 25.5 Å². The molecular weight excluding hydrogens is 402 g/mol. The van der Waals surface area contributed by atoms with Crippen LogP contribution in [0.2, 0.25) is 5.02 Å². The third-order valence-electron chi connectivity index (χ3n) is 3.73. The molecule has 0 bridgehead atoms. The van der Waals surface area contributed by atoms with E-state index in [9.17, 15) is 9.59 Å². The summed E-state index contributed by atoms with van der Waals surface area (Å²) < 4.78 is 26.1. The van der Waals surface area contributed by atoms with Gasteiger partial charge in [-0.1, -0.05) is 17.7 Å². The van der Waals surface area contributed by atoms with Crippen LogP contribution < -0.4 is 24.3 Å². The monoisotopic (exact) mass is 423 g/mol. The molecule has 0 spiro atoms. The molecule has 29 heavy (non-hydrogen) atoms. The molecule has 9 heteroatoms. The van der Waals surface area contributed by atoms with Crippen molar-refractivity contribution >= 4 is 23.5 Å². The van der Waals surface area contributed by atoms with Gasteiger partial charge in [-0.25, -0.2) is 0 Å². The van der Waals surface area contributed by atoms with Crippen LogP contribution in [0.3, 0.4) is 0 Å². The first-order chi connectivity index (χ1) is 14.0. The first-order valence-corrected chi connectivity index (χ1v) is 8.98. The summed E-state index contributed by atoms with van der Waals surface area (Å²) in [6, 6.07) is 9.85. The number of esters is 1. The van der Waals surface area contributed by atoms with Gasteiger partial charge >= 0.3 is 5.97 Å². The standard InChI is InChI=1S/C20H22ClNO7/c1-25-16-9-13(10-17(26-2)19(16)27-3)20(24)22-12-18(23)29-8-7-28-15-6-4-5-14(21)11-15/h4-6,9-11H,7-8,12H2,1-3H3,(H,22,24). The second kappa shape index (κ2) is 11.0. The SMILES string of the molecule is COc1cc(C(=O)NCC(=O)OCCOc2cccc(Cl)c2)cc(OC)c1OC. The number of carbonyl (C=O) groups excluding carboxylic acids is 2. The predicted octanol–water partition coefficient (Wildman–Crippen LogP) is 2.72. The minimum Gasteiger partial charge on any atom is -0.493 e. The Labute approximate surface area is 173 Å². The molecule has 1 N–H and O–H groups in total. The van der Waals surface area contributed by atoms with E-state index in [2.05, 4.69) is 5.32 Å². The minimum absolute atomic E-state index is 0.0331. The van der Waals surface area contributed by atoms with Crippen LogP contribution in [0.25, 0.3) is 0 Å². The number of halogens is 1. The number of amides is 1. The summed E-state index contributed by atoms with van der Waals surface area (Å²) in [6.07, 6.45) is 0. The Kier molecular flexibility index (Phi) is 8.42. The van der Waals surface area contributed by atoms with Gasteiger partial charge in [-0.2, -0.15) is 0 Å². The van der Waals surface area contributed by atoms with Gasteiger partial charge in [-0.3, -0.25) is 9.59 Å². The zero-order valence-electron chi connectivity index (χ0n) is 16.3. The van der Waals surface area contributed by atoms with Crippen molar-refractivity contribution in [2.75, 3.05) is 41.1 Å². The maximum absolute atomic E-state index is 12.3. The number of methoxy groups -OCH3 is 3. The van der Waals surface area contributed by atoms with Crippen molar-refractivity contribution in [3.63, 3.8) is 0 Å². The Bertz CT molecular complexity index is 831. The fraction of sp³-hybridized carbons (Fsp3) is 0.300. The molecule has 156 valence electrons. The van der Waals surface area contributed by atoms with Gasteiger partial charge in [0.15, 0.2) is 11.5 Å². The van der Waals surface area contributed by atoms with Crippen LogP contribution in [0, 0.1) is 0 Å². The Balaban J connectivity index is 1.81. The molecule has 0 atom stereocenters. The largest absolute Gasteiger partial charge is 0.493 e. The van der Waals surface area contributed by atoms with Gasteiger partial charge in [-0.05, 0) is 30.3 Å². The van der Waals surface area contributed by atoms with Crippen LogP contribution >= 0.6 is 11.6 Å². The summed E-state index contributed by atoms with van der Waals surface area (Å²) in [4.78, 5) is 24.1. The first kappa shape index (κ1) is 22.2. The molecule has 0 aliphatic heterocycles. The highest BCUT2D eigenvalue weighted by Gasteiger charge is 2.17. The van der Waals surface area contributed by atoms with E-state index in [1.807, 2.05) is 0 Å². The first-order valence-electron chi connectivity index (χ1n) is 8.60. The van der Waals surface area contributed by atoms with Gasteiger partial charge in [0.25, 0.3) is 5.91 Å². The van der Waals surface area contributed by atoms with Crippen molar-refractivity contribution in [1.82, 2.24) is 5.32 Å². The predicted molar refractivity (Wildman–Crippen MR) is 106 cm³/mol. The van der Waals surface area contributed by atoms with Gasteiger partial charge in [0.2, 0.25) is 5.75 Å². The lowest BCUT2D eigenvalue weighted by atomic mass is 10.1. The fourth-order valence-electron chi connectivity index (χ4n) is 2.39. The molecule has 2 rings (SSSR count). The smallest absolute Gasteiger partial charge is 0.325 e. The van der Waals surface area contributed by atoms with Crippen molar-refractivity contribution in [3.8, 4) is 23.0 Å². The normalized spacial score (nSPS) is 10.1. The highest BCUT2D eigenvalue weighted by molar-refractivity contribution is 6.30. The summed E-state index contributed by atoms with van der Waals surface area (Å²) in [7, 11) is 4.36. The summed E-state index contributed by atoms with van der Waals surface area (Å²) >= 11 is 5.86. The van der Waals surface area contributed by atoms with Crippen LogP contribution in [0.15, 0.2) is 36.4 Å². The highest BCUT2D eigenvalue weighted by Crippen LogP contribution is 2.38. The summed E-state index contributed by atoms with van der Waals surface area (Å²) in [5.41, 5.74) is 0.247. The van der Waals surface area contributed by atoms with Crippen LogP contribution in [-0.2, 0) is 9.53 Å². The van der Waals surface area contributed by atoms with Gasteiger partial charge in [0, 0.05) is 10.6 Å². The van der Waals surface area contributed by atoms with Gasteiger partial charge in [0.05, 0.1) is 21.3 Å². The number of ether oxygens (including phenoxy) is 5. The second-order valence-corrected chi connectivity index (χ2v) is 6.06. The van der Waals surface area contributed by atoms with E-state index in [0.29, 0.717) is 28.0 Å². The molecule has 0 fully saturated rings. The Morgan fingerprint density at radius 2 is 1.66 bits per heavy atom. The number of benzene rings is 2. The number of nitrogens with one attached hydrogen (secondary N) is 1. The summed E-state index contributed by atoms with van der Waals surface area (Å²) in [5.74, 6) is 0.516. The van der Waals surface area contributed by atoms with Crippen molar-refractivity contribution < 1.29 is 33.3 Å². The summed E-state index contributed by atoms with van der Waals surface area (Å²) in [5, 5.41) is 3.03. The average molecular weight is 424 g/mol. The molecular formula is C20H22ClNO7. The van der Waals surface area contributed by atoms with Crippen molar-refractivity contribution in [2.45, 2.75) is 0 Å². The average Bonchev–Trinajstić information content (AvgIpc) is 2.73. The quantitative estimate of drug-likeness (QED) is 0.464. The minimum atomic E-state index is -0.597. The van der Waals surface area contributed by atoms with Crippen molar-refractivity contribution in [1.29, 1.82) is 0 Å². The van der Waals surface area contributed by atoms with Crippen molar-refractivity contribution in [3.05, 3.63) is 47.0 Å². The van der Waals surface area contributed by atoms with Gasteiger partial charge < -0.3 is 29.0 Å². The van der Waals surface area contributed by atoms with E-state index < -0.39 is 11.9 Å². The van der Waals surface area contributed by atoms with E-state index in [4.69, 9.17) is 35.3 Å². The van der Waals surface area contributed by atoms with E-state index in [-0.39, 0.29) is 25.3 Å². The molecule has 0 saturated heterocycles. The van der Waals surface area contributed by atoms with Crippen molar-refractivity contribution in [2.24, 2.45) is 0 Å². The zero-order valence-corrected chi connectivity index (χ0v) is 17.1. The van der Waals surface area contributed by atoms with E-state index in [1.54, 1.807) is 24.3 Å². The highest BCUT2D eigenvalue weighted by atomic mass is 35.5. The topological polar surface area (TPSA) is 92.3 Å². The van der Waals surface area contributed by atoms with E-state index in [0.717, 1.165) is 0 Å². The molecule has 0 unspecified atom stereocenters. The Hall–Kier alpha value is -3.13. The van der Waals surface area contributed by atoms with Crippen LogP contribution in [0.4, 0.5) is 0 Å². The fourth-order valence-corrected chi connectivity index (χ4v) is 2.57. The molecule has 0 saturated carbocycles. The second-order valence-electron chi connectivity index (χ2n) is 5.62. The molecule has 2 aromatic rings. The van der Waals surface area contributed by atoms with E-state index >= 15 is 0 Å². The van der Waals surface area contributed by atoms with Crippen LogP contribution in [-0.4, -0.2) is 53.0 Å². The van der Waals surface area contributed by atoms with Crippen LogP contribution in [0.1, 0.15) is 10.4 Å². The zero-order chi connectivity index (χ0) is 21.2. The Morgan fingerprint density at radius 3 is 2.24 bits per heavy atom. The maximum atomic E-state index is 12.3. The van der Waals surface area contributed by atoms with Crippen LogP contribution in [0.5, 0.6) is 23.0 Å². The lowest BCUT2D eigenvalue weighted by Crippen LogP contribution is -2.31. The molecule has 0 aliphatic rings. The number of hydrogen-bond acceptors (Lipinski definition) is 7. The molecule has 0 heterocycles. The van der Waals surface area contributed by atoms with E-state index in [1.165, 1.54) is 33.5 Å². The summed E-state index contributed by atoms with van der Waals surface area (Å²) in [6.45, 7) is -0.106.